The van der Waals surface area contributed by atoms with Gasteiger partial charge in [-0.2, -0.15) is 0 Å². The molecule has 0 aromatic heterocycles. The Bertz CT molecular complexity index is 748. The lowest BCUT2D eigenvalue weighted by molar-refractivity contribution is -0.162. The van der Waals surface area contributed by atoms with E-state index in [0.717, 1.165) is 13.0 Å². The molecule has 3 N–H and O–H groups in total. The molecule has 0 aromatic rings. The van der Waals surface area contributed by atoms with Gasteiger partial charge in [-0.15, -0.1) is 0 Å². The van der Waals surface area contributed by atoms with E-state index in [0.29, 0.717) is 11.3 Å². The zero-order valence-corrected chi connectivity index (χ0v) is 32.1. The Balaban J connectivity index is -0.000000169. The molecule has 0 heterocycles. The average Bonchev–Trinajstić information content (AvgIpc) is 2.83. The number of carboxylic acid groups (broad SMARTS) is 1. The highest BCUT2D eigenvalue weighted by Crippen LogP contribution is 2.43. The number of halogens is 1. The minimum Gasteiger partial charge on any atom is -0.479 e. The van der Waals surface area contributed by atoms with Crippen LogP contribution < -0.4 is 5.73 Å². The van der Waals surface area contributed by atoms with Crippen molar-refractivity contribution in [3.8, 4) is 0 Å². The summed E-state index contributed by atoms with van der Waals surface area (Å²) in [5.74, 6) is -0.841. The van der Waals surface area contributed by atoms with E-state index in [4.69, 9.17) is 10.8 Å². The Morgan fingerprint density at radius 1 is 0.837 bits per heavy atom. The summed E-state index contributed by atoms with van der Waals surface area (Å²) < 4.78 is 14.3. The summed E-state index contributed by atoms with van der Waals surface area (Å²) in [7, 11) is 0. The quantitative estimate of drug-likeness (QED) is 0.191. The van der Waals surface area contributed by atoms with Crippen LogP contribution in [0.4, 0.5) is 4.39 Å². The fourth-order valence-corrected chi connectivity index (χ4v) is 3.93. The zero-order valence-electron chi connectivity index (χ0n) is 32.1. The van der Waals surface area contributed by atoms with Gasteiger partial charge >= 0.3 is 5.97 Å². The first-order chi connectivity index (χ1) is 19.3. The maximum absolute atomic E-state index is 14.3. The van der Waals surface area contributed by atoms with Gasteiger partial charge in [0.05, 0.1) is 0 Å². The Morgan fingerprint density at radius 3 is 1.47 bits per heavy atom. The molecule has 3 nitrogen and oxygen atoms in total. The van der Waals surface area contributed by atoms with Crippen LogP contribution in [0.25, 0.3) is 0 Å². The first-order valence-corrected chi connectivity index (χ1v) is 16.6. The summed E-state index contributed by atoms with van der Waals surface area (Å²) in [4.78, 5) is 11.0. The highest BCUT2D eigenvalue weighted by molar-refractivity contribution is 5.78. The molecule has 2 unspecified atom stereocenters. The summed E-state index contributed by atoms with van der Waals surface area (Å²) in [5.41, 5.74) is 3.74. The molecular formula is C39H78FNO2. The van der Waals surface area contributed by atoms with Crippen molar-refractivity contribution in [2.45, 2.75) is 162 Å². The number of unbranched alkanes of at least 4 members (excludes halogenated alkanes) is 2. The Labute approximate surface area is 270 Å². The van der Waals surface area contributed by atoms with Crippen LogP contribution in [-0.2, 0) is 4.79 Å². The van der Waals surface area contributed by atoms with Crippen molar-refractivity contribution in [3.05, 3.63) is 49.1 Å². The van der Waals surface area contributed by atoms with Crippen molar-refractivity contribution in [2.75, 3.05) is 6.54 Å². The van der Waals surface area contributed by atoms with E-state index < -0.39 is 17.1 Å². The van der Waals surface area contributed by atoms with E-state index in [-0.39, 0.29) is 17.3 Å². The average molecular weight is 612 g/mol. The molecule has 258 valence electrons. The fraction of sp³-hybridized carbons (Fsp3) is 0.769. The summed E-state index contributed by atoms with van der Waals surface area (Å²) in [6, 6.07) is 0. The molecule has 0 saturated heterocycles. The molecule has 0 spiro atoms. The standard InChI is InChI=1S/C18H30.C11H21FO2.C5H13N.C3H8.C2H6/c1-9-11-13-15(12-10-2)16(18(6,7)8)14-17(3,4)5;1-9(2,3)7-11(12,8(13)14)10(4,5)6;1-2-3-4-5-6;1-3-2;1-2/h9-13,16H,1-2,14H2,3-8H3;7H2,1-6H3,(H,13,14);2-6H2,1H3;3H2,1-2H3;1-2H3/b13-11-,15-12+;;;;. The van der Waals surface area contributed by atoms with Crippen LogP contribution in [0.15, 0.2) is 49.1 Å². The molecule has 0 fully saturated rings. The number of hydrogen-bond acceptors (Lipinski definition) is 2. The summed E-state index contributed by atoms with van der Waals surface area (Å²) >= 11 is 0. The molecule has 0 aromatic carbocycles. The van der Waals surface area contributed by atoms with E-state index in [2.05, 4.69) is 87.6 Å². The number of allylic oxidation sites excluding steroid dienone is 6. The third-order valence-electron chi connectivity index (χ3n) is 6.11. The van der Waals surface area contributed by atoms with Crippen LogP contribution in [0.5, 0.6) is 0 Å². The molecular weight excluding hydrogens is 533 g/mol. The minimum absolute atomic E-state index is 0.0266. The van der Waals surface area contributed by atoms with Crippen molar-refractivity contribution in [1.82, 2.24) is 0 Å². The summed E-state index contributed by atoms with van der Waals surface area (Å²) in [6.45, 7) is 43.1. The molecule has 0 saturated carbocycles. The number of alkyl halides is 1. The molecule has 0 amide bonds. The first kappa shape index (κ1) is 50.9. The highest BCUT2D eigenvalue weighted by atomic mass is 19.1. The van der Waals surface area contributed by atoms with Crippen LogP contribution in [0.2, 0.25) is 0 Å². The normalized spacial score (nSPS) is 14.2. The summed E-state index contributed by atoms with van der Waals surface area (Å²) in [6.07, 6.45) is 16.2. The predicted molar refractivity (Wildman–Crippen MR) is 196 cm³/mol. The van der Waals surface area contributed by atoms with E-state index >= 15 is 0 Å². The number of rotatable bonds is 10. The minimum atomic E-state index is -2.16. The number of aliphatic carboxylic acids is 1. The van der Waals surface area contributed by atoms with Crippen LogP contribution in [0.1, 0.15) is 156 Å². The van der Waals surface area contributed by atoms with E-state index in [1.807, 2.05) is 52.8 Å². The molecule has 0 rings (SSSR count). The highest BCUT2D eigenvalue weighted by Gasteiger charge is 2.51. The second kappa shape index (κ2) is 25.6. The van der Waals surface area contributed by atoms with Gasteiger partial charge < -0.3 is 10.8 Å². The molecule has 4 heteroatoms. The second-order valence-electron chi connectivity index (χ2n) is 15.5. The number of carboxylic acids is 1. The van der Waals surface area contributed by atoms with Crippen molar-refractivity contribution in [2.24, 2.45) is 33.3 Å². The van der Waals surface area contributed by atoms with Crippen LogP contribution >= 0.6 is 0 Å². The Hall–Kier alpha value is -1.68. The molecule has 0 radical (unpaired) electrons. The van der Waals surface area contributed by atoms with Crippen LogP contribution in [-0.4, -0.2) is 23.3 Å². The molecule has 0 bridgehead atoms. The van der Waals surface area contributed by atoms with Gasteiger partial charge in [0.1, 0.15) is 0 Å². The topological polar surface area (TPSA) is 63.3 Å². The van der Waals surface area contributed by atoms with E-state index in [1.54, 1.807) is 20.8 Å². The van der Waals surface area contributed by atoms with Gasteiger partial charge in [0.2, 0.25) is 5.67 Å². The maximum atomic E-state index is 14.3. The van der Waals surface area contributed by atoms with Crippen LogP contribution in [0, 0.1) is 27.6 Å². The van der Waals surface area contributed by atoms with Gasteiger partial charge in [0.25, 0.3) is 0 Å². The van der Waals surface area contributed by atoms with Gasteiger partial charge in [-0.3, -0.25) is 0 Å². The van der Waals surface area contributed by atoms with Crippen molar-refractivity contribution >= 4 is 5.97 Å². The lowest BCUT2D eigenvalue weighted by atomic mass is 9.68. The molecule has 43 heavy (non-hydrogen) atoms. The van der Waals surface area contributed by atoms with E-state index in [9.17, 15) is 9.18 Å². The van der Waals surface area contributed by atoms with Gasteiger partial charge in [-0.25, -0.2) is 9.18 Å². The fourth-order valence-electron chi connectivity index (χ4n) is 3.93. The van der Waals surface area contributed by atoms with Gasteiger partial charge in [0.15, 0.2) is 0 Å². The summed E-state index contributed by atoms with van der Waals surface area (Å²) in [5, 5.41) is 8.96. The second-order valence-corrected chi connectivity index (χ2v) is 15.5. The van der Waals surface area contributed by atoms with Crippen molar-refractivity contribution in [1.29, 1.82) is 0 Å². The van der Waals surface area contributed by atoms with Gasteiger partial charge in [-0.05, 0) is 53.5 Å². The predicted octanol–water partition coefficient (Wildman–Crippen LogP) is 12.8. The van der Waals surface area contributed by atoms with Crippen molar-refractivity contribution < 1.29 is 14.3 Å². The Morgan fingerprint density at radius 2 is 1.28 bits per heavy atom. The molecule has 0 aliphatic rings. The molecule has 0 aliphatic heterocycles. The third kappa shape index (κ3) is 30.1. The lowest BCUT2D eigenvalue weighted by Gasteiger charge is -2.38. The largest absolute Gasteiger partial charge is 0.479 e. The smallest absolute Gasteiger partial charge is 0.342 e. The number of carbonyl (C=O) groups is 1. The monoisotopic (exact) mass is 612 g/mol. The van der Waals surface area contributed by atoms with Gasteiger partial charge in [-0.1, -0.05) is 181 Å². The lowest BCUT2D eigenvalue weighted by Crippen LogP contribution is -2.48. The zero-order chi connectivity index (χ0) is 35.7. The van der Waals surface area contributed by atoms with Gasteiger partial charge in [0, 0.05) is 5.41 Å². The van der Waals surface area contributed by atoms with E-state index in [1.165, 1.54) is 31.3 Å². The first-order valence-electron chi connectivity index (χ1n) is 16.6. The third-order valence-corrected chi connectivity index (χ3v) is 6.11. The maximum Gasteiger partial charge on any atom is 0.342 e. The van der Waals surface area contributed by atoms with Crippen LogP contribution in [0.3, 0.4) is 0 Å². The number of nitrogens with two attached hydrogens (primary N) is 1. The van der Waals surface area contributed by atoms with Crippen molar-refractivity contribution in [3.63, 3.8) is 0 Å². The molecule has 0 aliphatic carbocycles. The number of hydrogen-bond donors (Lipinski definition) is 2. The SMILES string of the molecule is C=C/C=C\C(=C/C=C)C(CC(C)(C)C)C(C)(C)C.CC.CC(C)(C)CC(F)(C(=O)O)C(C)(C)C.CCC.CCCCCN. The molecule has 2 atom stereocenters. The Kier molecular flexibility index (Phi) is 30.3.